The van der Waals surface area contributed by atoms with Crippen LogP contribution in [0.3, 0.4) is 0 Å². The van der Waals surface area contributed by atoms with Crippen LogP contribution in [0.2, 0.25) is 0 Å². The Bertz CT molecular complexity index is 1010. The zero-order valence-electron chi connectivity index (χ0n) is 18.1. The van der Waals surface area contributed by atoms with E-state index in [4.69, 9.17) is 9.15 Å². The Morgan fingerprint density at radius 1 is 1.13 bits per heavy atom. The molecule has 31 heavy (non-hydrogen) atoms. The highest BCUT2D eigenvalue weighted by Crippen LogP contribution is 2.23. The Labute approximate surface area is 183 Å². The van der Waals surface area contributed by atoms with Crippen LogP contribution in [0.5, 0.6) is 5.88 Å². The number of rotatable bonds is 7. The number of guanidine groups is 1. The van der Waals surface area contributed by atoms with Crippen LogP contribution in [0.4, 0.5) is 0 Å². The number of nitrogens with one attached hydrogen (secondary N) is 2. The van der Waals surface area contributed by atoms with E-state index in [0.29, 0.717) is 36.9 Å². The summed E-state index contributed by atoms with van der Waals surface area (Å²) in [5.74, 6) is 2.00. The van der Waals surface area contributed by atoms with E-state index >= 15 is 0 Å². The molecule has 1 aliphatic rings. The second-order valence-electron chi connectivity index (χ2n) is 7.82. The van der Waals surface area contributed by atoms with Gasteiger partial charge in [0.25, 0.3) is 0 Å². The molecule has 3 aromatic rings. The van der Waals surface area contributed by atoms with Gasteiger partial charge in [0.2, 0.25) is 11.8 Å². The molecule has 2 aromatic heterocycles. The fourth-order valence-corrected chi connectivity index (χ4v) is 3.60. The van der Waals surface area contributed by atoms with Crippen LogP contribution < -0.4 is 15.4 Å². The first-order valence-corrected chi connectivity index (χ1v) is 10.8. The summed E-state index contributed by atoms with van der Waals surface area (Å²) in [6.45, 7) is 3.20. The van der Waals surface area contributed by atoms with Crippen molar-refractivity contribution < 1.29 is 9.15 Å². The smallest absolute Gasteiger partial charge is 0.226 e. The van der Waals surface area contributed by atoms with Gasteiger partial charge in [-0.05, 0) is 56.4 Å². The monoisotopic (exact) mass is 419 g/mol. The molecular weight excluding hydrogens is 390 g/mol. The van der Waals surface area contributed by atoms with Crippen LogP contribution in [-0.4, -0.2) is 29.1 Å². The number of benzene rings is 1. The first kappa shape index (κ1) is 20.9. The number of oxazole rings is 1. The molecule has 0 saturated heterocycles. The third kappa shape index (κ3) is 5.84. The summed E-state index contributed by atoms with van der Waals surface area (Å²) in [7, 11) is 1.75. The summed E-state index contributed by atoms with van der Waals surface area (Å²) in [6.07, 6.45) is 8.49. The largest absolute Gasteiger partial charge is 0.474 e. The molecule has 0 atom stereocenters. The lowest BCUT2D eigenvalue weighted by atomic mass is 10.1. The van der Waals surface area contributed by atoms with E-state index in [2.05, 4.69) is 32.5 Å². The number of pyridine rings is 1. The maximum Gasteiger partial charge on any atom is 0.226 e. The fourth-order valence-electron chi connectivity index (χ4n) is 3.60. The lowest BCUT2D eigenvalue weighted by Gasteiger charge is -2.14. The Balaban J connectivity index is 1.28. The Kier molecular flexibility index (Phi) is 6.82. The van der Waals surface area contributed by atoms with Crippen LogP contribution in [0.15, 0.2) is 58.3 Å². The van der Waals surface area contributed by atoms with Crippen molar-refractivity contribution in [1.29, 1.82) is 0 Å². The molecule has 0 amide bonds. The molecule has 1 aliphatic carbocycles. The number of ether oxygens (including phenoxy) is 1. The zero-order valence-corrected chi connectivity index (χ0v) is 18.1. The number of aliphatic imine (C=N–C) groups is 1. The maximum absolute atomic E-state index is 6.00. The number of nitrogens with zero attached hydrogens (tertiary/aromatic N) is 3. The van der Waals surface area contributed by atoms with Crippen molar-refractivity contribution in [1.82, 2.24) is 20.6 Å². The highest BCUT2D eigenvalue weighted by Gasteiger charge is 2.17. The van der Waals surface area contributed by atoms with Gasteiger partial charge in [0.15, 0.2) is 5.96 Å². The van der Waals surface area contributed by atoms with E-state index in [-0.39, 0.29) is 0 Å². The summed E-state index contributed by atoms with van der Waals surface area (Å²) >= 11 is 0. The first-order valence-electron chi connectivity index (χ1n) is 10.8. The molecule has 1 fully saturated rings. The van der Waals surface area contributed by atoms with Gasteiger partial charge >= 0.3 is 0 Å². The van der Waals surface area contributed by atoms with E-state index in [1.54, 1.807) is 19.5 Å². The normalized spacial score (nSPS) is 14.6. The SMILES string of the molecule is CN=C(NCc1ccnc(OC2CCCC2)c1)NCc1coc(-c2ccc(C)cc2)n1. The molecule has 162 valence electrons. The second-order valence-corrected chi connectivity index (χ2v) is 7.82. The second kappa shape index (κ2) is 10.1. The molecular formula is C24H29N5O2. The van der Waals surface area contributed by atoms with Crippen molar-refractivity contribution in [2.45, 2.75) is 51.8 Å². The van der Waals surface area contributed by atoms with Gasteiger partial charge in [0.05, 0.1) is 12.2 Å². The molecule has 7 heteroatoms. The third-order valence-electron chi connectivity index (χ3n) is 5.36. The van der Waals surface area contributed by atoms with Crippen molar-refractivity contribution in [2.75, 3.05) is 7.05 Å². The van der Waals surface area contributed by atoms with Crippen molar-refractivity contribution in [3.63, 3.8) is 0 Å². The van der Waals surface area contributed by atoms with Gasteiger partial charge < -0.3 is 19.8 Å². The molecule has 1 saturated carbocycles. The minimum Gasteiger partial charge on any atom is -0.474 e. The molecule has 0 bridgehead atoms. The third-order valence-corrected chi connectivity index (χ3v) is 5.36. The molecule has 0 radical (unpaired) electrons. The zero-order chi connectivity index (χ0) is 21.5. The Hall–Kier alpha value is -3.35. The van der Waals surface area contributed by atoms with Crippen molar-refractivity contribution in [3.8, 4) is 17.3 Å². The average Bonchev–Trinajstić information content (AvgIpc) is 3.47. The first-order chi connectivity index (χ1) is 15.2. The molecule has 0 spiro atoms. The number of hydrogen-bond donors (Lipinski definition) is 2. The number of aromatic nitrogens is 2. The van der Waals surface area contributed by atoms with Crippen LogP contribution in [0.1, 0.15) is 42.5 Å². The van der Waals surface area contributed by atoms with E-state index in [9.17, 15) is 0 Å². The Morgan fingerprint density at radius 3 is 2.68 bits per heavy atom. The highest BCUT2D eigenvalue weighted by atomic mass is 16.5. The van der Waals surface area contributed by atoms with Gasteiger partial charge in [-0.1, -0.05) is 17.7 Å². The van der Waals surface area contributed by atoms with Gasteiger partial charge in [0, 0.05) is 31.4 Å². The summed E-state index contributed by atoms with van der Waals surface area (Å²) in [4.78, 5) is 13.2. The van der Waals surface area contributed by atoms with Gasteiger partial charge in [-0.2, -0.15) is 0 Å². The molecule has 2 heterocycles. The fraction of sp³-hybridized carbons (Fsp3) is 0.375. The summed E-state index contributed by atoms with van der Waals surface area (Å²) in [6, 6.07) is 12.1. The standard InChI is InChI=1S/C24H29N5O2/c1-17-7-9-19(10-8-17)23-29-20(16-30-23)15-28-24(25-2)27-14-18-11-12-26-22(13-18)31-21-5-3-4-6-21/h7-13,16,21H,3-6,14-15H2,1-2H3,(H2,25,27,28). The van der Waals surface area contributed by atoms with Crippen LogP contribution >= 0.6 is 0 Å². The maximum atomic E-state index is 6.00. The number of aryl methyl sites for hydroxylation is 1. The molecule has 0 aliphatic heterocycles. The molecule has 7 nitrogen and oxygen atoms in total. The van der Waals surface area contributed by atoms with Gasteiger partial charge in [-0.15, -0.1) is 0 Å². The summed E-state index contributed by atoms with van der Waals surface area (Å²) < 4.78 is 11.6. The highest BCUT2D eigenvalue weighted by molar-refractivity contribution is 5.79. The average molecular weight is 420 g/mol. The van der Waals surface area contributed by atoms with Crippen LogP contribution in [-0.2, 0) is 13.1 Å². The topological polar surface area (TPSA) is 84.6 Å². The molecule has 4 rings (SSSR count). The molecule has 2 N–H and O–H groups in total. The van der Waals surface area contributed by atoms with Crippen LogP contribution in [0, 0.1) is 6.92 Å². The lowest BCUT2D eigenvalue weighted by Crippen LogP contribution is -2.36. The lowest BCUT2D eigenvalue weighted by molar-refractivity contribution is 0.201. The van der Waals surface area contributed by atoms with E-state index in [1.807, 2.05) is 36.4 Å². The summed E-state index contributed by atoms with van der Waals surface area (Å²) in [5.41, 5.74) is 4.08. The van der Waals surface area contributed by atoms with Crippen molar-refractivity contribution in [2.24, 2.45) is 4.99 Å². The van der Waals surface area contributed by atoms with E-state index < -0.39 is 0 Å². The van der Waals surface area contributed by atoms with Crippen molar-refractivity contribution >= 4 is 5.96 Å². The predicted molar refractivity (Wildman–Crippen MR) is 121 cm³/mol. The minimum atomic E-state index is 0.303. The van der Waals surface area contributed by atoms with Crippen LogP contribution in [0.25, 0.3) is 11.5 Å². The van der Waals surface area contributed by atoms with E-state index in [1.165, 1.54) is 18.4 Å². The minimum absolute atomic E-state index is 0.303. The predicted octanol–water partition coefficient (Wildman–Crippen LogP) is 4.23. The van der Waals surface area contributed by atoms with Gasteiger partial charge in [-0.3, -0.25) is 4.99 Å². The van der Waals surface area contributed by atoms with E-state index in [0.717, 1.165) is 29.7 Å². The summed E-state index contributed by atoms with van der Waals surface area (Å²) in [5, 5.41) is 6.59. The molecule has 0 unspecified atom stereocenters. The number of hydrogen-bond acceptors (Lipinski definition) is 5. The Morgan fingerprint density at radius 2 is 1.90 bits per heavy atom. The van der Waals surface area contributed by atoms with Crippen molar-refractivity contribution in [3.05, 3.63) is 65.7 Å². The quantitative estimate of drug-likeness (QED) is 0.440. The molecule has 1 aromatic carbocycles. The van der Waals surface area contributed by atoms with Gasteiger partial charge in [0.1, 0.15) is 12.4 Å². The van der Waals surface area contributed by atoms with Gasteiger partial charge in [-0.25, -0.2) is 9.97 Å².